The van der Waals surface area contributed by atoms with Gasteiger partial charge in [-0.3, -0.25) is 9.59 Å². The SMILES string of the molecule is CCCCCCCCCCCCCCCCCCCCCCCCCC(O)C(CO)NC(=O)CCCCCCCCCCCCCCCCCOC(=O)CCCCCCCCCCCCC. The first-order valence-corrected chi connectivity index (χ1v) is 30.3. The van der Waals surface area contributed by atoms with Crippen LogP contribution in [0.3, 0.4) is 0 Å². The average Bonchev–Trinajstić information content (AvgIpc) is 3.32. The standard InChI is InChI=1S/C60H119NO5/c1-3-5-7-9-11-13-15-16-17-18-19-20-21-22-23-24-26-29-33-36-40-44-48-52-58(63)57(56-62)61-59(64)53-49-45-41-37-34-30-27-25-28-31-35-39-43-47-51-55-66-60(65)54-50-46-42-38-32-14-12-10-8-6-4-2/h57-58,62-63H,3-56H2,1-2H3,(H,61,64). The first kappa shape index (κ1) is 64.9. The van der Waals surface area contributed by atoms with Crippen molar-refractivity contribution in [1.29, 1.82) is 0 Å². The van der Waals surface area contributed by atoms with Crippen molar-refractivity contribution in [3.63, 3.8) is 0 Å². The van der Waals surface area contributed by atoms with E-state index in [2.05, 4.69) is 19.2 Å². The maximum absolute atomic E-state index is 12.5. The van der Waals surface area contributed by atoms with Crippen LogP contribution in [0.5, 0.6) is 0 Å². The van der Waals surface area contributed by atoms with Crippen LogP contribution in [0.15, 0.2) is 0 Å². The maximum atomic E-state index is 12.5. The first-order valence-electron chi connectivity index (χ1n) is 30.3. The van der Waals surface area contributed by atoms with E-state index in [1.165, 1.54) is 270 Å². The number of hydrogen-bond donors (Lipinski definition) is 3. The topological polar surface area (TPSA) is 95.9 Å². The monoisotopic (exact) mass is 934 g/mol. The van der Waals surface area contributed by atoms with Gasteiger partial charge in [0.25, 0.3) is 0 Å². The zero-order valence-electron chi connectivity index (χ0n) is 45.0. The van der Waals surface area contributed by atoms with Crippen LogP contribution in [0, 0.1) is 0 Å². The van der Waals surface area contributed by atoms with Crippen molar-refractivity contribution < 1.29 is 24.5 Å². The molecule has 0 fully saturated rings. The van der Waals surface area contributed by atoms with Gasteiger partial charge in [0.1, 0.15) is 0 Å². The number of hydrogen-bond acceptors (Lipinski definition) is 5. The Labute approximate surface area is 413 Å². The fraction of sp³-hybridized carbons (Fsp3) is 0.967. The molecule has 2 unspecified atom stereocenters. The lowest BCUT2D eigenvalue weighted by Crippen LogP contribution is -2.45. The van der Waals surface area contributed by atoms with Gasteiger partial charge in [-0.25, -0.2) is 0 Å². The van der Waals surface area contributed by atoms with Gasteiger partial charge in [0.05, 0.1) is 25.4 Å². The minimum absolute atomic E-state index is 0.00177. The molecule has 0 aromatic heterocycles. The summed E-state index contributed by atoms with van der Waals surface area (Å²) >= 11 is 0. The number of unbranched alkanes of at least 4 members (excludes halogenated alkanes) is 46. The van der Waals surface area contributed by atoms with Crippen molar-refractivity contribution in [3.8, 4) is 0 Å². The molecular formula is C60H119NO5. The van der Waals surface area contributed by atoms with Gasteiger partial charge >= 0.3 is 5.97 Å². The molecule has 0 saturated carbocycles. The minimum Gasteiger partial charge on any atom is -0.466 e. The highest BCUT2D eigenvalue weighted by Gasteiger charge is 2.20. The summed E-state index contributed by atoms with van der Waals surface area (Å²) in [7, 11) is 0. The van der Waals surface area contributed by atoms with E-state index < -0.39 is 12.1 Å². The van der Waals surface area contributed by atoms with Gasteiger partial charge in [0.2, 0.25) is 5.91 Å². The molecule has 0 aliphatic rings. The molecule has 0 spiro atoms. The summed E-state index contributed by atoms with van der Waals surface area (Å²) in [4.78, 5) is 24.5. The third-order valence-electron chi connectivity index (χ3n) is 14.4. The quantitative estimate of drug-likeness (QED) is 0.0417. The number of nitrogens with one attached hydrogen (secondary N) is 1. The van der Waals surface area contributed by atoms with E-state index in [1.807, 2.05) is 0 Å². The number of aliphatic hydroxyl groups is 2. The van der Waals surface area contributed by atoms with Crippen molar-refractivity contribution in [2.75, 3.05) is 13.2 Å². The van der Waals surface area contributed by atoms with E-state index >= 15 is 0 Å². The summed E-state index contributed by atoms with van der Waals surface area (Å²) in [5.74, 6) is -0.0370. The van der Waals surface area contributed by atoms with Crippen LogP contribution in [0.4, 0.5) is 0 Å². The molecule has 0 radical (unpaired) electrons. The van der Waals surface area contributed by atoms with Gasteiger partial charge in [-0.05, 0) is 25.7 Å². The maximum Gasteiger partial charge on any atom is 0.305 e. The van der Waals surface area contributed by atoms with Gasteiger partial charge in [0, 0.05) is 12.8 Å². The van der Waals surface area contributed by atoms with E-state index in [1.54, 1.807) is 0 Å². The van der Waals surface area contributed by atoms with Crippen LogP contribution in [0.2, 0.25) is 0 Å². The Morgan fingerprint density at radius 3 is 0.924 bits per heavy atom. The molecule has 0 aliphatic heterocycles. The van der Waals surface area contributed by atoms with Crippen LogP contribution in [0.1, 0.15) is 348 Å². The Morgan fingerprint density at radius 2 is 0.621 bits per heavy atom. The molecule has 1 amide bonds. The number of ether oxygens (including phenoxy) is 1. The lowest BCUT2D eigenvalue weighted by molar-refractivity contribution is -0.143. The molecule has 0 aliphatic carbocycles. The molecule has 0 saturated heterocycles. The van der Waals surface area contributed by atoms with Crippen molar-refractivity contribution in [1.82, 2.24) is 5.32 Å². The van der Waals surface area contributed by atoms with Crippen LogP contribution in [-0.4, -0.2) is 47.4 Å². The van der Waals surface area contributed by atoms with E-state index in [9.17, 15) is 19.8 Å². The van der Waals surface area contributed by atoms with E-state index in [4.69, 9.17) is 4.74 Å². The van der Waals surface area contributed by atoms with Crippen molar-refractivity contribution in [2.24, 2.45) is 0 Å². The second-order valence-corrected chi connectivity index (χ2v) is 21.1. The largest absolute Gasteiger partial charge is 0.466 e. The Morgan fingerprint density at radius 1 is 0.364 bits per heavy atom. The first-order chi connectivity index (χ1) is 32.5. The molecule has 0 aromatic rings. The number of amides is 1. The number of aliphatic hydroxyl groups excluding tert-OH is 2. The summed E-state index contributed by atoms with van der Waals surface area (Å²) < 4.78 is 5.46. The summed E-state index contributed by atoms with van der Waals surface area (Å²) in [6.07, 6.45) is 65.3. The van der Waals surface area contributed by atoms with Gasteiger partial charge in [-0.1, -0.05) is 309 Å². The molecule has 66 heavy (non-hydrogen) atoms. The fourth-order valence-electron chi connectivity index (χ4n) is 9.76. The summed E-state index contributed by atoms with van der Waals surface area (Å²) in [6.45, 7) is 4.96. The van der Waals surface area contributed by atoms with Crippen LogP contribution < -0.4 is 5.32 Å². The summed E-state index contributed by atoms with van der Waals surface area (Å²) in [5, 5.41) is 23.4. The Hall–Kier alpha value is -1.14. The number of rotatable bonds is 57. The number of carbonyl (C=O) groups excluding carboxylic acids is 2. The zero-order valence-corrected chi connectivity index (χ0v) is 45.0. The number of carbonyl (C=O) groups is 2. The molecule has 394 valence electrons. The molecule has 0 aromatic carbocycles. The third kappa shape index (κ3) is 52.2. The highest BCUT2D eigenvalue weighted by Crippen LogP contribution is 2.18. The molecule has 2 atom stereocenters. The predicted octanol–water partition coefficient (Wildman–Crippen LogP) is 18.7. The van der Waals surface area contributed by atoms with E-state index in [0.29, 0.717) is 25.9 Å². The predicted molar refractivity (Wildman–Crippen MR) is 287 cm³/mol. The highest BCUT2D eigenvalue weighted by atomic mass is 16.5. The molecule has 3 N–H and O–H groups in total. The third-order valence-corrected chi connectivity index (χ3v) is 14.4. The van der Waals surface area contributed by atoms with Crippen LogP contribution in [0.25, 0.3) is 0 Å². The average molecular weight is 935 g/mol. The normalized spacial score (nSPS) is 12.5. The Bertz CT molecular complexity index is 944. The smallest absolute Gasteiger partial charge is 0.305 e. The lowest BCUT2D eigenvalue weighted by Gasteiger charge is -2.22. The van der Waals surface area contributed by atoms with E-state index in [0.717, 1.165) is 44.9 Å². The van der Waals surface area contributed by atoms with Gasteiger partial charge < -0.3 is 20.3 Å². The molecule has 0 bridgehead atoms. The minimum atomic E-state index is -0.670. The van der Waals surface area contributed by atoms with E-state index in [-0.39, 0.29) is 18.5 Å². The molecule has 0 heterocycles. The summed E-state index contributed by atoms with van der Waals surface area (Å²) in [5.41, 5.74) is 0. The number of esters is 1. The molecule has 6 heteroatoms. The van der Waals surface area contributed by atoms with Gasteiger partial charge in [-0.15, -0.1) is 0 Å². The second kappa shape index (κ2) is 56.4. The van der Waals surface area contributed by atoms with Gasteiger partial charge in [0.15, 0.2) is 0 Å². The van der Waals surface area contributed by atoms with Crippen LogP contribution in [-0.2, 0) is 14.3 Å². The molecule has 0 rings (SSSR count). The van der Waals surface area contributed by atoms with Gasteiger partial charge in [-0.2, -0.15) is 0 Å². The van der Waals surface area contributed by atoms with Crippen molar-refractivity contribution >= 4 is 11.9 Å². The molecule has 6 nitrogen and oxygen atoms in total. The van der Waals surface area contributed by atoms with Crippen molar-refractivity contribution in [3.05, 3.63) is 0 Å². The Balaban J connectivity index is 3.42. The second-order valence-electron chi connectivity index (χ2n) is 21.1. The van der Waals surface area contributed by atoms with Crippen molar-refractivity contribution in [2.45, 2.75) is 360 Å². The van der Waals surface area contributed by atoms with Crippen LogP contribution >= 0.6 is 0 Å². The fourth-order valence-corrected chi connectivity index (χ4v) is 9.76. The lowest BCUT2D eigenvalue weighted by atomic mass is 10.0. The Kier molecular flexibility index (Phi) is 55.5. The highest BCUT2D eigenvalue weighted by molar-refractivity contribution is 5.76. The molecular weight excluding hydrogens is 815 g/mol. The summed E-state index contributed by atoms with van der Waals surface area (Å²) in [6, 6.07) is -0.547. The zero-order chi connectivity index (χ0) is 47.9.